The summed E-state index contributed by atoms with van der Waals surface area (Å²) < 4.78 is 37.6. The van der Waals surface area contributed by atoms with Crippen molar-refractivity contribution in [2.24, 2.45) is 0 Å². The van der Waals surface area contributed by atoms with Crippen LogP contribution in [-0.4, -0.2) is 33.7 Å². The number of sulfonamides is 1. The van der Waals surface area contributed by atoms with Gasteiger partial charge in [0.1, 0.15) is 5.76 Å². The van der Waals surface area contributed by atoms with Gasteiger partial charge in [-0.15, -0.1) is 0 Å². The molecule has 1 aliphatic rings. The molecule has 2 N–H and O–H groups in total. The van der Waals surface area contributed by atoms with Crippen molar-refractivity contribution in [3.63, 3.8) is 0 Å². The van der Waals surface area contributed by atoms with Crippen LogP contribution in [0.2, 0.25) is 0 Å². The molecule has 19 heavy (non-hydrogen) atoms. The van der Waals surface area contributed by atoms with Gasteiger partial charge in [-0.3, -0.25) is 0 Å². The van der Waals surface area contributed by atoms with Crippen LogP contribution in [0.1, 0.15) is 26.0 Å². The van der Waals surface area contributed by atoms with Crippen LogP contribution in [0.4, 0.5) is 0 Å². The standard InChI is InChI=1S/C12H20N2O4S/c1-3-13-8-10-4-5-11(18-10)19(15,16)14-12(2)6-7-17-9-12/h4-5,13-14H,3,6-9H2,1-2H3. The van der Waals surface area contributed by atoms with Gasteiger partial charge in [-0.05, 0) is 32.0 Å². The summed E-state index contributed by atoms with van der Waals surface area (Å²) in [5, 5.41) is 3.03. The minimum absolute atomic E-state index is 0.0477. The number of ether oxygens (including phenoxy) is 1. The van der Waals surface area contributed by atoms with Crippen LogP contribution in [-0.2, 0) is 21.3 Å². The Morgan fingerprint density at radius 2 is 2.21 bits per heavy atom. The molecule has 0 radical (unpaired) electrons. The normalized spacial score (nSPS) is 23.9. The van der Waals surface area contributed by atoms with Crippen molar-refractivity contribution < 1.29 is 17.6 Å². The van der Waals surface area contributed by atoms with Crippen LogP contribution in [0, 0.1) is 0 Å². The average molecular weight is 288 g/mol. The minimum Gasteiger partial charge on any atom is -0.447 e. The Labute approximate surface area is 113 Å². The molecule has 2 heterocycles. The van der Waals surface area contributed by atoms with Crippen molar-refractivity contribution in [3.8, 4) is 0 Å². The summed E-state index contributed by atoms with van der Waals surface area (Å²) in [5.41, 5.74) is -0.548. The Bertz CT molecular complexity index is 518. The van der Waals surface area contributed by atoms with E-state index >= 15 is 0 Å². The van der Waals surface area contributed by atoms with E-state index in [2.05, 4.69) is 10.0 Å². The predicted molar refractivity (Wildman–Crippen MR) is 70.3 cm³/mol. The summed E-state index contributed by atoms with van der Waals surface area (Å²) in [4.78, 5) is 0. The van der Waals surface area contributed by atoms with Gasteiger partial charge in [-0.2, -0.15) is 0 Å². The highest BCUT2D eigenvalue weighted by Crippen LogP contribution is 2.22. The Morgan fingerprint density at radius 3 is 2.84 bits per heavy atom. The van der Waals surface area contributed by atoms with Crippen molar-refractivity contribution >= 4 is 10.0 Å². The molecule has 1 atom stereocenters. The fourth-order valence-electron chi connectivity index (χ4n) is 1.97. The van der Waals surface area contributed by atoms with Gasteiger partial charge in [-0.1, -0.05) is 6.92 Å². The molecule has 2 rings (SSSR count). The number of rotatable bonds is 6. The molecule has 1 aromatic rings. The molecular formula is C12H20N2O4S. The average Bonchev–Trinajstić information content (AvgIpc) is 2.95. The summed E-state index contributed by atoms with van der Waals surface area (Å²) in [6, 6.07) is 3.15. The molecule has 0 bridgehead atoms. The van der Waals surface area contributed by atoms with Gasteiger partial charge >= 0.3 is 0 Å². The van der Waals surface area contributed by atoms with Crippen LogP contribution < -0.4 is 10.0 Å². The van der Waals surface area contributed by atoms with Gasteiger partial charge in [0.15, 0.2) is 0 Å². The molecule has 1 saturated heterocycles. The SMILES string of the molecule is CCNCc1ccc(S(=O)(=O)NC2(C)CCOC2)o1. The van der Waals surface area contributed by atoms with E-state index < -0.39 is 15.6 Å². The molecule has 1 aliphatic heterocycles. The quantitative estimate of drug-likeness (QED) is 0.811. The van der Waals surface area contributed by atoms with E-state index in [0.29, 0.717) is 31.9 Å². The first-order valence-corrected chi connectivity index (χ1v) is 7.85. The molecule has 0 aromatic carbocycles. The van der Waals surface area contributed by atoms with Crippen molar-refractivity contribution in [1.82, 2.24) is 10.0 Å². The molecule has 0 spiro atoms. The lowest BCUT2D eigenvalue weighted by molar-refractivity contribution is 0.178. The highest BCUT2D eigenvalue weighted by atomic mass is 32.2. The van der Waals surface area contributed by atoms with Crippen molar-refractivity contribution in [3.05, 3.63) is 17.9 Å². The highest BCUT2D eigenvalue weighted by Gasteiger charge is 2.35. The predicted octanol–water partition coefficient (Wildman–Crippen LogP) is 0.846. The number of nitrogens with one attached hydrogen (secondary N) is 2. The second kappa shape index (κ2) is 5.62. The Morgan fingerprint density at radius 1 is 1.42 bits per heavy atom. The fraction of sp³-hybridized carbons (Fsp3) is 0.667. The maximum Gasteiger partial charge on any atom is 0.274 e. The molecule has 0 amide bonds. The number of furan rings is 1. The first kappa shape index (κ1) is 14.5. The smallest absolute Gasteiger partial charge is 0.274 e. The lowest BCUT2D eigenvalue weighted by Gasteiger charge is -2.22. The molecular weight excluding hydrogens is 268 g/mol. The molecule has 7 heteroatoms. The first-order chi connectivity index (χ1) is 8.95. The van der Waals surface area contributed by atoms with Crippen LogP contribution >= 0.6 is 0 Å². The molecule has 108 valence electrons. The zero-order valence-electron chi connectivity index (χ0n) is 11.2. The summed E-state index contributed by atoms with van der Waals surface area (Å²) >= 11 is 0. The van der Waals surface area contributed by atoms with Crippen LogP contribution in [0.25, 0.3) is 0 Å². The maximum absolute atomic E-state index is 12.2. The second-order valence-electron chi connectivity index (χ2n) is 4.97. The molecule has 0 saturated carbocycles. The largest absolute Gasteiger partial charge is 0.447 e. The van der Waals surface area contributed by atoms with E-state index in [0.717, 1.165) is 6.54 Å². The molecule has 1 unspecified atom stereocenters. The van der Waals surface area contributed by atoms with Crippen molar-refractivity contribution in [2.45, 2.75) is 37.4 Å². The topological polar surface area (TPSA) is 80.6 Å². The van der Waals surface area contributed by atoms with Crippen molar-refractivity contribution in [1.29, 1.82) is 0 Å². The van der Waals surface area contributed by atoms with Gasteiger partial charge in [0.25, 0.3) is 10.0 Å². The van der Waals surface area contributed by atoms with Crippen LogP contribution in [0.15, 0.2) is 21.6 Å². The Hall–Kier alpha value is -0.890. The van der Waals surface area contributed by atoms with Crippen LogP contribution in [0.3, 0.4) is 0 Å². The van der Waals surface area contributed by atoms with Gasteiger partial charge in [-0.25, -0.2) is 13.1 Å². The monoisotopic (exact) mass is 288 g/mol. The van der Waals surface area contributed by atoms with Crippen LogP contribution in [0.5, 0.6) is 0 Å². The molecule has 6 nitrogen and oxygen atoms in total. The first-order valence-electron chi connectivity index (χ1n) is 6.36. The van der Waals surface area contributed by atoms with Gasteiger partial charge in [0, 0.05) is 6.61 Å². The maximum atomic E-state index is 12.2. The Balaban J connectivity index is 2.08. The second-order valence-corrected chi connectivity index (χ2v) is 6.58. The fourth-order valence-corrected chi connectivity index (χ4v) is 3.34. The number of hydrogen-bond donors (Lipinski definition) is 2. The van der Waals surface area contributed by atoms with Gasteiger partial charge in [0.2, 0.25) is 5.09 Å². The molecule has 1 aromatic heterocycles. The van der Waals surface area contributed by atoms with Gasteiger partial charge < -0.3 is 14.5 Å². The van der Waals surface area contributed by atoms with Crippen molar-refractivity contribution in [2.75, 3.05) is 19.8 Å². The van der Waals surface area contributed by atoms with E-state index in [-0.39, 0.29) is 5.09 Å². The molecule has 0 aliphatic carbocycles. The van der Waals surface area contributed by atoms with E-state index in [9.17, 15) is 8.42 Å². The third kappa shape index (κ3) is 3.56. The molecule has 1 fully saturated rings. The van der Waals surface area contributed by atoms with Gasteiger partial charge in [0.05, 0.1) is 18.7 Å². The third-order valence-electron chi connectivity index (χ3n) is 3.05. The summed E-state index contributed by atoms with van der Waals surface area (Å²) in [7, 11) is -3.63. The third-order valence-corrected chi connectivity index (χ3v) is 4.56. The lowest BCUT2D eigenvalue weighted by Crippen LogP contribution is -2.46. The zero-order valence-corrected chi connectivity index (χ0v) is 12.0. The minimum atomic E-state index is -3.63. The number of hydrogen-bond acceptors (Lipinski definition) is 5. The Kier molecular flexibility index (Phi) is 4.29. The summed E-state index contributed by atoms with van der Waals surface area (Å²) in [6.07, 6.45) is 0.664. The zero-order chi connectivity index (χ0) is 13.9. The lowest BCUT2D eigenvalue weighted by atomic mass is 10.0. The van der Waals surface area contributed by atoms with E-state index in [1.165, 1.54) is 6.07 Å². The van der Waals surface area contributed by atoms with E-state index in [4.69, 9.17) is 9.15 Å². The highest BCUT2D eigenvalue weighted by molar-refractivity contribution is 7.89. The summed E-state index contributed by atoms with van der Waals surface area (Å²) in [5.74, 6) is 0.607. The van der Waals surface area contributed by atoms with E-state index in [1.807, 2.05) is 13.8 Å². The summed E-state index contributed by atoms with van der Waals surface area (Å²) in [6.45, 7) is 6.09. The van der Waals surface area contributed by atoms with E-state index in [1.54, 1.807) is 6.07 Å².